The van der Waals surface area contributed by atoms with Crippen LogP contribution in [0.1, 0.15) is 65.5 Å². The molecule has 6 nitrogen and oxygen atoms in total. The van der Waals surface area contributed by atoms with Gasteiger partial charge in [-0.25, -0.2) is 0 Å². The van der Waals surface area contributed by atoms with E-state index in [1.54, 1.807) is 0 Å². The maximum Gasteiger partial charge on any atom is 0.253 e. The first kappa shape index (κ1) is 23.1. The summed E-state index contributed by atoms with van der Waals surface area (Å²) in [7, 11) is 0. The van der Waals surface area contributed by atoms with Crippen molar-refractivity contribution in [3.8, 4) is 5.75 Å². The van der Waals surface area contributed by atoms with Crippen molar-refractivity contribution in [1.29, 1.82) is 0 Å². The molecule has 2 heterocycles. The molecule has 2 aliphatic heterocycles. The Hall–Kier alpha value is -3.12. The minimum Gasteiger partial charge on any atom is -0.482 e. The van der Waals surface area contributed by atoms with Crippen molar-refractivity contribution < 1.29 is 14.3 Å². The molecule has 2 aromatic carbocycles. The summed E-state index contributed by atoms with van der Waals surface area (Å²) in [6.45, 7) is 9.57. The Morgan fingerprint density at radius 3 is 2.36 bits per heavy atom. The summed E-state index contributed by atoms with van der Waals surface area (Å²) in [5.74, 6) is 0.658. The molecule has 0 unspecified atom stereocenters. The number of amides is 2. The second kappa shape index (κ2) is 9.79. The Bertz CT molecular complexity index is 1050. The van der Waals surface area contributed by atoms with Crippen LogP contribution in [0.25, 0.3) is 5.57 Å². The highest BCUT2D eigenvalue weighted by Gasteiger charge is 2.38. The van der Waals surface area contributed by atoms with E-state index >= 15 is 0 Å². The minimum atomic E-state index is -0.400. The molecule has 1 saturated heterocycles. The van der Waals surface area contributed by atoms with Crippen LogP contribution in [-0.4, -0.2) is 55.0 Å². The molecule has 174 valence electrons. The summed E-state index contributed by atoms with van der Waals surface area (Å²) >= 11 is 0. The van der Waals surface area contributed by atoms with Gasteiger partial charge < -0.3 is 20.3 Å². The van der Waals surface area contributed by atoms with E-state index in [1.807, 2.05) is 68.1 Å². The summed E-state index contributed by atoms with van der Waals surface area (Å²) in [5, 5.41) is 6.33. The Labute approximate surface area is 196 Å². The maximum absolute atomic E-state index is 12.9. The summed E-state index contributed by atoms with van der Waals surface area (Å²) in [6.07, 6.45) is 3.92. The summed E-state index contributed by atoms with van der Waals surface area (Å²) in [6, 6.07) is 13.4. The number of hydrogen-bond donors (Lipinski definition) is 2. The lowest BCUT2D eigenvalue weighted by Crippen LogP contribution is -2.46. The van der Waals surface area contributed by atoms with E-state index in [9.17, 15) is 9.59 Å². The zero-order chi connectivity index (χ0) is 23.4. The third-order valence-electron chi connectivity index (χ3n) is 6.54. The van der Waals surface area contributed by atoms with Gasteiger partial charge in [-0.3, -0.25) is 9.59 Å². The first-order valence-corrected chi connectivity index (χ1v) is 12.0. The lowest BCUT2D eigenvalue weighted by molar-refractivity contribution is 0.0772. The lowest BCUT2D eigenvalue weighted by atomic mass is 9.81. The molecule has 33 heavy (non-hydrogen) atoms. The van der Waals surface area contributed by atoms with Crippen molar-refractivity contribution in [2.45, 2.75) is 39.2 Å². The number of benzene rings is 2. The van der Waals surface area contributed by atoms with Crippen LogP contribution in [0.15, 0.2) is 48.5 Å². The standard InChI is InChI=1S/C27H33N3O3/c1-4-29-25(31)21-8-7-9-23-24(21)22(18-27(33-23)14-16-28-17-15-27)19-10-12-20(13-11-19)26(32)30(5-2)6-3/h7-13,18,28H,4-6,14-17H2,1-3H3,(H,29,31). The van der Waals surface area contributed by atoms with Gasteiger partial charge in [-0.15, -0.1) is 0 Å². The van der Waals surface area contributed by atoms with Crippen LogP contribution in [0, 0.1) is 0 Å². The second-order valence-electron chi connectivity index (χ2n) is 8.57. The number of fused-ring (bicyclic) bond motifs is 1. The molecule has 2 aliphatic rings. The van der Waals surface area contributed by atoms with Crippen molar-refractivity contribution in [2.24, 2.45) is 0 Å². The van der Waals surface area contributed by atoms with Crippen LogP contribution in [0.4, 0.5) is 0 Å². The number of carbonyl (C=O) groups is 2. The molecule has 2 aromatic rings. The van der Waals surface area contributed by atoms with Crippen LogP contribution >= 0.6 is 0 Å². The van der Waals surface area contributed by atoms with Crippen molar-refractivity contribution in [2.75, 3.05) is 32.7 Å². The monoisotopic (exact) mass is 447 g/mol. The number of carbonyl (C=O) groups excluding carboxylic acids is 2. The van der Waals surface area contributed by atoms with E-state index < -0.39 is 5.60 Å². The fraction of sp³-hybridized carbons (Fsp3) is 0.407. The van der Waals surface area contributed by atoms with E-state index in [4.69, 9.17) is 4.74 Å². The van der Waals surface area contributed by atoms with Crippen molar-refractivity contribution in [3.63, 3.8) is 0 Å². The molecule has 1 fully saturated rings. The molecule has 0 saturated carbocycles. The van der Waals surface area contributed by atoms with Gasteiger partial charge in [0, 0.05) is 43.6 Å². The predicted molar refractivity (Wildman–Crippen MR) is 131 cm³/mol. The third-order valence-corrected chi connectivity index (χ3v) is 6.54. The average molecular weight is 448 g/mol. The molecular formula is C27H33N3O3. The minimum absolute atomic E-state index is 0.0331. The summed E-state index contributed by atoms with van der Waals surface area (Å²) in [5.41, 5.74) is 3.66. The van der Waals surface area contributed by atoms with Crippen LogP contribution in [0.2, 0.25) is 0 Å². The molecule has 1 spiro atoms. The van der Waals surface area contributed by atoms with Gasteiger partial charge in [0.25, 0.3) is 11.8 Å². The third kappa shape index (κ3) is 4.53. The molecule has 0 aromatic heterocycles. The molecule has 0 radical (unpaired) electrons. The Morgan fingerprint density at radius 1 is 1.03 bits per heavy atom. The molecule has 4 rings (SSSR count). The van der Waals surface area contributed by atoms with E-state index in [1.165, 1.54) is 0 Å². The van der Waals surface area contributed by atoms with Gasteiger partial charge >= 0.3 is 0 Å². The highest BCUT2D eigenvalue weighted by atomic mass is 16.5. The molecule has 6 heteroatoms. The van der Waals surface area contributed by atoms with Crippen LogP contribution in [0.3, 0.4) is 0 Å². The van der Waals surface area contributed by atoms with Gasteiger partial charge in [0.1, 0.15) is 11.4 Å². The number of piperidine rings is 1. The topological polar surface area (TPSA) is 70.7 Å². The number of ether oxygens (including phenoxy) is 1. The molecule has 0 atom stereocenters. The quantitative estimate of drug-likeness (QED) is 0.705. The van der Waals surface area contributed by atoms with Gasteiger partial charge in [-0.05, 0) is 75.3 Å². The van der Waals surface area contributed by atoms with Crippen molar-refractivity contribution in [1.82, 2.24) is 15.5 Å². The fourth-order valence-corrected chi connectivity index (χ4v) is 4.73. The highest BCUT2D eigenvalue weighted by molar-refractivity contribution is 6.03. The fourth-order valence-electron chi connectivity index (χ4n) is 4.73. The first-order chi connectivity index (χ1) is 16.0. The summed E-state index contributed by atoms with van der Waals surface area (Å²) in [4.78, 5) is 27.5. The summed E-state index contributed by atoms with van der Waals surface area (Å²) < 4.78 is 6.55. The number of hydrogen-bond acceptors (Lipinski definition) is 4. The van der Waals surface area contributed by atoms with Gasteiger partial charge in [0.2, 0.25) is 0 Å². The number of nitrogens with zero attached hydrogens (tertiary/aromatic N) is 1. The van der Waals surface area contributed by atoms with E-state index in [2.05, 4.69) is 16.7 Å². The van der Waals surface area contributed by atoms with E-state index in [-0.39, 0.29) is 11.8 Å². The number of rotatable bonds is 6. The van der Waals surface area contributed by atoms with Gasteiger partial charge in [-0.2, -0.15) is 0 Å². The molecule has 2 amide bonds. The van der Waals surface area contributed by atoms with Crippen molar-refractivity contribution >= 4 is 17.4 Å². The highest BCUT2D eigenvalue weighted by Crippen LogP contribution is 2.44. The second-order valence-corrected chi connectivity index (χ2v) is 8.57. The zero-order valence-corrected chi connectivity index (χ0v) is 19.7. The van der Waals surface area contributed by atoms with Gasteiger partial charge in [0.15, 0.2) is 0 Å². The van der Waals surface area contributed by atoms with Crippen molar-refractivity contribution in [3.05, 3.63) is 70.8 Å². The largest absolute Gasteiger partial charge is 0.482 e. The van der Waals surface area contributed by atoms with E-state index in [0.29, 0.717) is 30.8 Å². The zero-order valence-electron chi connectivity index (χ0n) is 19.7. The van der Waals surface area contributed by atoms with Crippen LogP contribution in [-0.2, 0) is 0 Å². The SMILES string of the molecule is CCNC(=O)c1cccc2c1C(c1ccc(C(=O)N(CC)CC)cc1)=CC1(CCNCC1)O2. The Kier molecular flexibility index (Phi) is 6.84. The Balaban J connectivity index is 1.80. The number of nitrogens with one attached hydrogen (secondary N) is 2. The normalized spacial score (nSPS) is 16.4. The lowest BCUT2D eigenvalue weighted by Gasteiger charge is -2.40. The van der Waals surface area contributed by atoms with Crippen LogP contribution in [0.5, 0.6) is 5.75 Å². The van der Waals surface area contributed by atoms with Gasteiger partial charge in [0.05, 0.1) is 5.56 Å². The van der Waals surface area contributed by atoms with Gasteiger partial charge in [-0.1, -0.05) is 18.2 Å². The Morgan fingerprint density at radius 2 is 1.73 bits per heavy atom. The molecular weight excluding hydrogens is 414 g/mol. The van der Waals surface area contributed by atoms with Crippen LogP contribution < -0.4 is 15.4 Å². The molecule has 0 bridgehead atoms. The maximum atomic E-state index is 12.9. The molecule has 2 N–H and O–H groups in total. The molecule has 0 aliphatic carbocycles. The average Bonchev–Trinajstić information content (AvgIpc) is 2.84. The predicted octanol–water partition coefficient (Wildman–Crippen LogP) is 3.86. The smallest absolute Gasteiger partial charge is 0.253 e. The first-order valence-electron chi connectivity index (χ1n) is 12.0. The van der Waals surface area contributed by atoms with E-state index in [0.717, 1.165) is 48.4 Å².